The van der Waals surface area contributed by atoms with Crippen LogP contribution < -0.4 is 14.4 Å². The lowest BCUT2D eigenvalue weighted by atomic mass is 9.96. The number of carbonyl (C=O) groups is 1. The highest BCUT2D eigenvalue weighted by Gasteiger charge is 2.38. The summed E-state index contributed by atoms with van der Waals surface area (Å²) in [4.78, 5) is 13.5. The molecule has 34 heavy (non-hydrogen) atoms. The minimum Gasteiger partial charge on any atom is -0.476 e. The molecule has 0 saturated heterocycles. The number of nitrogens with zero attached hydrogens (tertiary/aromatic N) is 1. The number of hydrogen-bond donors (Lipinski definition) is 1. The van der Waals surface area contributed by atoms with Crippen LogP contribution in [0.15, 0.2) is 83.8 Å². The largest absolute Gasteiger partial charge is 0.476 e. The molecule has 0 aromatic heterocycles. The summed E-state index contributed by atoms with van der Waals surface area (Å²) >= 11 is 0. The Morgan fingerprint density at radius 2 is 1.65 bits per heavy atom. The van der Waals surface area contributed by atoms with Crippen molar-refractivity contribution in [2.45, 2.75) is 44.2 Å². The van der Waals surface area contributed by atoms with Crippen molar-refractivity contribution in [2.24, 2.45) is 5.92 Å². The molecule has 7 heteroatoms. The summed E-state index contributed by atoms with van der Waals surface area (Å²) in [5.74, 6) is 0.384. The van der Waals surface area contributed by atoms with E-state index in [1.54, 1.807) is 48.5 Å². The molecule has 0 spiro atoms. The van der Waals surface area contributed by atoms with Crippen molar-refractivity contribution in [1.29, 1.82) is 0 Å². The average Bonchev–Trinajstić information content (AvgIpc) is 2.83. The predicted molar refractivity (Wildman–Crippen MR) is 133 cm³/mol. The zero-order valence-corrected chi connectivity index (χ0v) is 20.5. The second-order valence-electron chi connectivity index (χ2n) is 9.02. The molecule has 0 bridgehead atoms. The van der Waals surface area contributed by atoms with Gasteiger partial charge in [0.25, 0.3) is 15.9 Å². The van der Waals surface area contributed by atoms with Crippen molar-refractivity contribution >= 4 is 21.6 Å². The monoisotopic (exact) mass is 478 g/mol. The van der Waals surface area contributed by atoms with Crippen LogP contribution in [-0.4, -0.2) is 27.0 Å². The highest BCUT2D eigenvalue weighted by Crippen LogP contribution is 2.37. The molecule has 4 rings (SSSR count). The van der Waals surface area contributed by atoms with Crippen molar-refractivity contribution in [3.8, 4) is 5.75 Å². The topological polar surface area (TPSA) is 75.7 Å². The summed E-state index contributed by atoms with van der Waals surface area (Å²) < 4.78 is 34.4. The molecule has 1 aliphatic rings. The fourth-order valence-electron chi connectivity index (χ4n) is 4.10. The minimum absolute atomic E-state index is 0.109. The molecule has 0 radical (unpaired) electrons. The maximum absolute atomic E-state index is 13.6. The lowest BCUT2D eigenvalue weighted by molar-refractivity contribution is -0.128. The predicted octanol–water partition coefficient (Wildman–Crippen LogP) is 4.85. The number of rotatable bonds is 7. The van der Waals surface area contributed by atoms with E-state index in [0.29, 0.717) is 17.4 Å². The van der Waals surface area contributed by atoms with Crippen LogP contribution in [0.1, 0.15) is 37.4 Å². The lowest BCUT2D eigenvalue weighted by Gasteiger charge is -2.35. The van der Waals surface area contributed by atoms with Gasteiger partial charge in [-0.3, -0.25) is 9.10 Å². The van der Waals surface area contributed by atoms with Crippen LogP contribution in [0.25, 0.3) is 0 Å². The number of nitrogens with one attached hydrogen (secondary N) is 1. The molecule has 0 saturated carbocycles. The Morgan fingerprint density at radius 3 is 2.32 bits per heavy atom. The number of amides is 1. The van der Waals surface area contributed by atoms with Crippen LogP contribution in [0.4, 0.5) is 5.69 Å². The molecule has 3 aromatic rings. The Hall–Kier alpha value is -3.32. The van der Waals surface area contributed by atoms with Crippen LogP contribution in [0.2, 0.25) is 0 Å². The molecule has 0 unspecified atom stereocenters. The summed E-state index contributed by atoms with van der Waals surface area (Å²) in [6.45, 7) is 6.00. The molecule has 1 N–H and O–H groups in total. The first kappa shape index (κ1) is 23.8. The number of aryl methyl sites for hydroxylation is 1. The second kappa shape index (κ2) is 9.89. The van der Waals surface area contributed by atoms with Crippen molar-refractivity contribution < 1.29 is 17.9 Å². The number of sulfonamides is 1. The van der Waals surface area contributed by atoms with Crippen molar-refractivity contribution in [3.63, 3.8) is 0 Å². The van der Waals surface area contributed by atoms with E-state index in [1.807, 2.05) is 37.3 Å². The zero-order chi connectivity index (χ0) is 24.3. The Balaban J connectivity index is 1.63. The van der Waals surface area contributed by atoms with Gasteiger partial charge in [-0.15, -0.1) is 0 Å². The van der Waals surface area contributed by atoms with E-state index in [2.05, 4.69) is 19.2 Å². The molecule has 1 amide bonds. The molecular formula is C27H30N2O4S. The van der Waals surface area contributed by atoms with Crippen LogP contribution in [0.5, 0.6) is 5.75 Å². The van der Waals surface area contributed by atoms with Gasteiger partial charge >= 0.3 is 0 Å². The second-order valence-corrected chi connectivity index (χ2v) is 10.9. The summed E-state index contributed by atoms with van der Waals surface area (Å²) in [5, 5.41) is 3.10. The highest BCUT2D eigenvalue weighted by atomic mass is 32.2. The molecule has 2 atom stereocenters. The molecule has 6 nitrogen and oxygen atoms in total. The van der Waals surface area contributed by atoms with Gasteiger partial charge in [-0.1, -0.05) is 74.0 Å². The third-order valence-electron chi connectivity index (χ3n) is 5.86. The summed E-state index contributed by atoms with van der Waals surface area (Å²) in [7, 11) is -3.88. The van der Waals surface area contributed by atoms with Gasteiger partial charge in [-0.2, -0.15) is 0 Å². The number of fused-ring (bicyclic) bond motifs is 1. The number of para-hydroxylation sites is 2. The van der Waals surface area contributed by atoms with Gasteiger partial charge < -0.3 is 10.1 Å². The van der Waals surface area contributed by atoms with Gasteiger partial charge in [0.2, 0.25) is 0 Å². The first-order valence-electron chi connectivity index (χ1n) is 11.5. The van der Waals surface area contributed by atoms with E-state index in [4.69, 9.17) is 4.74 Å². The third kappa shape index (κ3) is 5.09. The van der Waals surface area contributed by atoms with Crippen molar-refractivity contribution in [1.82, 2.24) is 5.32 Å². The number of anilines is 1. The summed E-state index contributed by atoms with van der Waals surface area (Å²) in [5.41, 5.74) is 2.40. The quantitative estimate of drug-likeness (QED) is 0.526. The molecule has 178 valence electrons. The molecule has 1 heterocycles. The standard InChI is InChI=1S/C27H30N2O4S/c1-19(2)17-23(21-9-5-4-6-10-21)28-27(30)26-18-29(24-11-7-8-12-25(24)33-26)34(31,32)22-15-13-20(3)14-16-22/h4-16,19,23,26H,17-18H2,1-3H3,(H,28,30)/t23-,26-/m1/s1. The van der Waals surface area contributed by atoms with E-state index in [1.165, 1.54) is 4.31 Å². The summed E-state index contributed by atoms with van der Waals surface area (Å²) in [6.07, 6.45) is -0.224. The van der Waals surface area contributed by atoms with Gasteiger partial charge in [0.05, 0.1) is 23.2 Å². The minimum atomic E-state index is -3.88. The molecule has 1 aliphatic heterocycles. The van der Waals surface area contributed by atoms with Crippen LogP contribution >= 0.6 is 0 Å². The highest BCUT2D eigenvalue weighted by molar-refractivity contribution is 7.92. The van der Waals surface area contributed by atoms with Crippen LogP contribution in [0.3, 0.4) is 0 Å². The average molecular weight is 479 g/mol. The Bertz CT molecular complexity index is 1240. The van der Waals surface area contributed by atoms with E-state index in [0.717, 1.165) is 17.5 Å². The van der Waals surface area contributed by atoms with E-state index in [9.17, 15) is 13.2 Å². The first-order valence-corrected chi connectivity index (χ1v) is 12.9. The number of carbonyl (C=O) groups excluding carboxylic acids is 1. The van der Waals surface area contributed by atoms with Gasteiger partial charge in [-0.25, -0.2) is 8.42 Å². The van der Waals surface area contributed by atoms with E-state index >= 15 is 0 Å². The van der Waals surface area contributed by atoms with Gasteiger partial charge in [0.15, 0.2) is 6.10 Å². The van der Waals surface area contributed by atoms with Gasteiger partial charge in [0, 0.05) is 0 Å². The smallest absolute Gasteiger partial charge is 0.264 e. The SMILES string of the molecule is Cc1ccc(S(=O)(=O)N2C[C@H](C(=O)N[C@H](CC(C)C)c3ccccc3)Oc3ccccc32)cc1. The first-order chi connectivity index (χ1) is 16.3. The van der Waals surface area contributed by atoms with E-state index < -0.39 is 16.1 Å². The zero-order valence-electron chi connectivity index (χ0n) is 19.6. The Labute approximate surface area is 201 Å². The maximum atomic E-state index is 13.6. The molecule has 0 aliphatic carbocycles. The maximum Gasteiger partial charge on any atom is 0.264 e. The fourth-order valence-corrected chi connectivity index (χ4v) is 5.58. The Kier molecular flexibility index (Phi) is 6.93. The number of benzene rings is 3. The molecule has 0 fully saturated rings. The van der Waals surface area contributed by atoms with Gasteiger partial charge in [0.1, 0.15) is 5.75 Å². The summed E-state index contributed by atoms with van der Waals surface area (Å²) in [6, 6.07) is 23.2. The van der Waals surface area contributed by atoms with Crippen molar-refractivity contribution in [3.05, 3.63) is 90.0 Å². The molecule has 3 aromatic carbocycles. The van der Waals surface area contributed by atoms with Crippen molar-refractivity contribution in [2.75, 3.05) is 10.8 Å². The lowest BCUT2D eigenvalue weighted by Crippen LogP contribution is -2.51. The van der Waals surface area contributed by atoms with Gasteiger partial charge in [-0.05, 0) is 49.1 Å². The fraction of sp³-hybridized carbons (Fsp3) is 0.296. The number of ether oxygens (including phenoxy) is 1. The third-order valence-corrected chi connectivity index (χ3v) is 7.66. The Morgan fingerprint density at radius 1 is 1.00 bits per heavy atom. The number of hydrogen-bond acceptors (Lipinski definition) is 4. The normalized spacial score (nSPS) is 16.5. The van der Waals surface area contributed by atoms with Crippen LogP contribution in [-0.2, 0) is 14.8 Å². The van der Waals surface area contributed by atoms with E-state index in [-0.39, 0.29) is 23.4 Å². The van der Waals surface area contributed by atoms with Crippen LogP contribution in [0, 0.1) is 12.8 Å². The molecular weight excluding hydrogens is 448 g/mol.